The van der Waals surface area contributed by atoms with Gasteiger partial charge in [0.2, 0.25) is 0 Å². The van der Waals surface area contributed by atoms with Crippen LogP contribution in [-0.2, 0) is 21.4 Å². The molecule has 0 bridgehead atoms. The Bertz CT molecular complexity index is 793. The fraction of sp³-hybridized carbons (Fsp3) is 0.143. The topological polar surface area (TPSA) is 85.4 Å². The lowest BCUT2D eigenvalue weighted by Gasteiger charge is -2.10. The fourth-order valence-corrected chi connectivity index (χ4v) is 2.99. The smallest absolute Gasteiger partial charge is 0.265 e. The average Bonchev–Trinajstić information content (AvgIpc) is 2.47. The van der Waals surface area contributed by atoms with Gasteiger partial charge in [0.05, 0.1) is 11.6 Å². The molecule has 22 heavy (non-hydrogen) atoms. The molecular weight excluding hydrogens is 328 g/mol. The first kappa shape index (κ1) is 16.4. The van der Waals surface area contributed by atoms with Crippen molar-refractivity contribution < 1.29 is 17.9 Å². The number of carbonyl (C=O) groups excluding carboxylic acids is 1. The predicted molar refractivity (Wildman–Crippen MR) is 81.1 cm³/mol. The molecule has 0 aliphatic heterocycles. The minimum Gasteiger partial charge on any atom is -0.380 e. The fourth-order valence-electron chi connectivity index (χ4n) is 1.80. The normalized spacial score (nSPS) is 11.2. The van der Waals surface area contributed by atoms with Gasteiger partial charge >= 0.3 is 0 Å². The maximum absolute atomic E-state index is 12.2. The molecule has 6 nitrogen and oxygen atoms in total. The van der Waals surface area contributed by atoms with Crippen LogP contribution < -0.4 is 4.72 Å². The molecule has 1 amide bonds. The second-order valence-corrected chi connectivity index (χ2v) is 6.48. The number of rotatable bonds is 5. The van der Waals surface area contributed by atoms with E-state index < -0.39 is 15.9 Å². The molecule has 0 aliphatic rings. The lowest BCUT2D eigenvalue weighted by molar-refractivity contribution is 0.0976. The summed E-state index contributed by atoms with van der Waals surface area (Å²) in [5.41, 5.74) is 0.810. The highest BCUT2D eigenvalue weighted by Gasteiger charge is 2.21. The van der Waals surface area contributed by atoms with Crippen molar-refractivity contribution in [2.45, 2.75) is 11.5 Å². The van der Waals surface area contributed by atoms with Crippen LogP contribution in [0.2, 0.25) is 5.02 Å². The van der Waals surface area contributed by atoms with Crippen LogP contribution in [0.3, 0.4) is 0 Å². The zero-order valence-electron chi connectivity index (χ0n) is 11.6. The zero-order chi connectivity index (χ0) is 16.2. The van der Waals surface area contributed by atoms with Gasteiger partial charge in [0.25, 0.3) is 15.9 Å². The van der Waals surface area contributed by atoms with Crippen molar-refractivity contribution in [1.29, 1.82) is 0 Å². The number of ether oxygens (including phenoxy) is 1. The molecule has 1 heterocycles. The number of sulfonamides is 1. The average molecular weight is 341 g/mol. The molecule has 1 aromatic carbocycles. The Morgan fingerprint density at radius 1 is 1.32 bits per heavy atom. The summed E-state index contributed by atoms with van der Waals surface area (Å²) in [5.74, 6) is -0.743. The van der Waals surface area contributed by atoms with E-state index in [1.54, 1.807) is 18.2 Å². The van der Waals surface area contributed by atoms with E-state index in [0.29, 0.717) is 5.56 Å². The minimum absolute atomic E-state index is 0.162. The van der Waals surface area contributed by atoms with Gasteiger partial charge in [-0.2, -0.15) is 0 Å². The van der Waals surface area contributed by atoms with E-state index in [1.165, 1.54) is 25.4 Å². The largest absolute Gasteiger partial charge is 0.380 e. The number of benzene rings is 1. The van der Waals surface area contributed by atoms with Crippen molar-refractivity contribution in [1.82, 2.24) is 9.71 Å². The van der Waals surface area contributed by atoms with Gasteiger partial charge in [0, 0.05) is 25.1 Å². The second kappa shape index (κ2) is 6.87. The van der Waals surface area contributed by atoms with E-state index in [0.717, 1.165) is 6.20 Å². The van der Waals surface area contributed by atoms with Crippen molar-refractivity contribution in [3.63, 3.8) is 0 Å². The van der Waals surface area contributed by atoms with Crippen LogP contribution in [0.1, 0.15) is 15.9 Å². The van der Waals surface area contributed by atoms with Crippen LogP contribution in [0.5, 0.6) is 0 Å². The van der Waals surface area contributed by atoms with Gasteiger partial charge in [-0.05, 0) is 17.7 Å². The summed E-state index contributed by atoms with van der Waals surface area (Å²) >= 11 is 5.71. The SMILES string of the molecule is COCc1ccccc1C(=O)NS(=O)(=O)c1cncc(Cl)c1. The van der Waals surface area contributed by atoms with E-state index in [2.05, 4.69) is 4.98 Å². The van der Waals surface area contributed by atoms with Gasteiger partial charge in [-0.1, -0.05) is 29.8 Å². The maximum atomic E-state index is 12.2. The molecule has 2 aromatic rings. The van der Waals surface area contributed by atoms with Crippen LogP contribution >= 0.6 is 11.6 Å². The summed E-state index contributed by atoms with van der Waals surface area (Å²) in [4.78, 5) is 15.7. The van der Waals surface area contributed by atoms with Crippen molar-refractivity contribution >= 4 is 27.5 Å². The van der Waals surface area contributed by atoms with Crippen molar-refractivity contribution in [3.8, 4) is 0 Å². The molecule has 0 saturated carbocycles. The van der Waals surface area contributed by atoms with E-state index in [-0.39, 0.29) is 22.1 Å². The number of hydrogen-bond donors (Lipinski definition) is 1. The van der Waals surface area contributed by atoms with Gasteiger partial charge in [-0.3, -0.25) is 9.78 Å². The molecule has 0 radical (unpaired) electrons. The summed E-state index contributed by atoms with van der Waals surface area (Å²) < 4.78 is 31.3. The molecule has 1 aromatic heterocycles. The summed E-state index contributed by atoms with van der Waals surface area (Å²) in [7, 11) is -2.56. The van der Waals surface area contributed by atoms with E-state index in [1.807, 2.05) is 4.72 Å². The highest BCUT2D eigenvalue weighted by molar-refractivity contribution is 7.90. The third-order valence-electron chi connectivity index (χ3n) is 2.78. The van der Waals surface area contributed by atoms with Gasteiger partial charge in [0.15, 0.2) is 0 Å². The van der Waals surface area contributed by atoms with Crippen molar-refractivity contribution in [2.24, 2.45) is 0 Å². The Kier molecular flexibility index (Phi) is 5.12. The molecule has 0 saturated heterocycles. The molecule has 0 fully saturated rings. The molecule has 0 spiro atoms. The number of aromatic nitrogens is 1. The number of pyridine rings is 1. The Morgan fingerprint density at radius 3 is 2.73 bits per heavy atom. The quantitative estimate of drug-likeness (QED) is 0.899. The lowest BCUT2D eigenvalue weighted by Crippen LogP contribution is -2.31. The van der Waals surface area contributed by atoms with E-state index >= 15 is 0 Å². The molecule has 1 N–H and O–H groups in total. The highest BCUT2D eigenvalue weighted by Crippen LogP contribution is 2.15. The number of hydrogen-bond acceptors (Lipinski definition) is 5. The van der Waals surface area contributed by atoms with Gasteiger partial charge in [-0.15, -0.1) is 0 Å². The number of amides is 1. The first-order valence-electron chi connectivity index (χ1n) is 6.18. The summed E-state index contributed by atoms with van der Waals surface area (Å²) in [6.45, 7) is 0.197. The third kappa shape index (κ3) is 3.82. The highest BCUT2D eigenvalue weighted by atomic mass is 35.5. The van der Waals surface area contributed by atoms with Gasteiger partial charge in [-0.25, -0.2) is 13.1 Å². The van der Waals surface area contributed by atoms with Crippen LogP contribution in [0, 0.1) is 0 Å². The molecule has 0 aliphatic carbocycles. The lowest BCUT2D eigenvalue weighted by atomic mass is 10.1. The van der Waals surface area contributed by atoms with Crippen molar-refractivity contribution in [2.75, 3.05) is 7.11 Å². The zero-order valence-corrected chi connectivity index (χ0v) is 13.2. The van der Waals surface area contributed by atoms with E-state index in [4.69, 9.17) is 16.3 Å². The predicted octanol–water partition coefficient (Wildman–Crippen LogP) is 2.00. The monoisotopic (exact) mass is 340 g/mol. The van der Waals surface area contributed by atoms with Gasteiger partial charge in [0.1, 0.15) is 4.90 Å². The molecule has 0 atom stereocenters. The molecule has 2 rings (SSSR count). The van der Waals surface area contributed by atoms with Crippen LogP contribution in [-0.4, -0.2) is 26.4 Å². The summed E-state index contributed by atoms with van der Waals surface area (Å²) in [5, 5.41) is 0.162. The molecule has 116 valence electrons. The molecule has 8 heteroatoms. The summed E-state index contributed by atoms with van der Waals surface area (Å²) in [6.07, 6.45) is 2.42. The van der Waals surface area contributed by atoms with Gasteiger partial charge < -0.3 is 4.74 Å². The molecule has 0 unspecified atom stereocenters. The van der Waals surface area contributed by atoms with Crippen LogP contribution in [0.15, 0.2) is 47.6 Å². The number of halogens is 1. The Balaban J connectivity index is 2.29. The first-order valence-corrected chi connectivity index (χ1v) is 8.04. The number of carbonyl (C=O) groups is 1. The third-order valence-corrected chi connectivity index (χ3v) is 4.28. The number of methoxy groups -OCH3 is 1. The number of nitrogens with one attached hydrogen (secondary N) is 1. The first-order chi connectivity index (χ1) is 10.4. The van der Waals surface area contributed by atoms with E-state index in [9.17, 15) is 13.2 Å². The van der Waals surface area contributed by atoms with Crippen LogP contribution in [0.25, 0.3) is 0 Å². The van der Waals surface area contributed by atoms with Crippen LogP contribution in [0.4, 0.5) is 0 Å². The van der Waals surface area contributed by atoms with Crippen molar-refractivity contribution in [3.05, 3.63) is 58.9 Å². The Morgan fingerprint density at radius 2 is 2.05 bits per heavy atom. The molecular formula is C14H13ClN2O4S. The Hall–Kier alpha value is -1.96. The minimum atomic E-state index is -4.05. The Labute approximate surface area is 133 Å². The number of nitrogens with zero attached hydrogens (tertiary/aromatic N) is 1. The summed E-state index contributed by atoms with van der Waals surface area (Å²) in [6, 6.07) is 7.80. The second-order valence-electron chi connectivity index (χ2n) is 4.36. The maximum Gasteiger partial charge on any atom is 0.265 e. The standard InChI is InChI=1S/C14H13ClN2O4S/c1-21-9-10-4-2-3-5-13(10)14(18)17-22(19,20)12-6-11(15)7-16-8-12/h2-8H,9H2,1H3,(H,17,18).